The van der Waals surface area contributed by atoms with Crippen LogP contribution < -0.4 is 5.32 Å². The van der Waals surface area contributed by atoms with Crippen molar-refractivity contribution in [3.63, 3.8) is 0 Å². The first-order valence-corrected chi connectivity index (χ1v) is 8.98. The van der Waals surface area contributed by atoms with Gasteiger partial charge in [0.25, 0.3) is 0 Å². The van der Waals surface area contributed by atoms with Crippen LogP contribution in [0.3, 0.4) is 0 Å². The van der Waals surface area contributed by atoms with Crippen molar-refractivity contribution in [2.75, 3.05) is 6.54 Å². The molecule has 0 spiro atoms. The molecule has 2 bridgehead atoms. The molecule has 0 radical (unpaired) electrons. The molecular formula is C20H29N. The Labute approximate surface area is 129 Å². The van der Waals surface area contributed by atoms with E-state index in [1.807, 2.05) is 0 Å². The molecular weight excluding hydrogens is 254 g/mol. The van der Waals surface area contributed by atoms with Crippen molar-refractivity contribution in [1.82, 2.24) is 5.32 Å². The highest BCUT2D eigenvalue weighted by Gasteiger charge is 2.66. The quantitative estimate of drug-likeness (QED) is 0.857. The van der Waals surface area contributed by atoms with Crippen LogP contribution in [0.5, 0.6) is 0 Å². The van der Waals surface area contributed by atoms with Gasteiger partial charge in [-0.05, 0) is 86.8 Å². The summed E-state index contributed by atoms with van der Waals surface area (Å²) in [5.74, 6) is 5.32. The summed E-state index contributed by atoms with van der Waals surface area (Å²) in [6.45, 7) is 7.87. The maximum Gasteiger partial charge on any atom is 0.0141 e. The van der Waals surface area contributed by atoms with Gasteiger partial charge in [0.15, 0.2) is 0 Å². The molecule has 3 fully saturated rings. The topological polar surface area (TPSA) is 12.0 Å². The van der Waals surface area contributed by atoms with Crippen LogP contribution >= 0.6 is 0 Å². The number of rotatable bonds is 5. The standard InChI is InChI=1S/C20H29N/c1-4-21-17(11-16-9-12(2)5-6-13(16)3)20-18-14-7-8-15(10-14)19(18)20/h5-6,9,14-15,17-21H,4,7-8,10-11H2,1-3H3. The van der Waals surface area contributed by atoms with Gasteiger partial charge in [-0.1, -0.05) is 30.7 Å². The van der Waals surface area contributed by atoms with Crippen LogP contribution in [-0.2, 0) is 6.42 Å². The van der Waals surface area contributed by atoms with E-state index in [1.165, 1.54) is 30.4 Å². The molecule has 3 aliphatic rings. The van der Waals surface area contributed by atoms with Gasteiger partial charge >= 0.3 is 0 Å². The lowest BCUT2D eigenvalue weighted by Gasteiger charge is -2.22. The Hall–Kier alpha value is -0.820. The Morgan fingerprint density at radius 1 is 1.14 bits per heavy atom. The van der Waals surface area contributed by atoms with E-state index >= 15 is 0 Å². The molecule has 1 aromatic rings. The van der Waals surface area contributed by atoms with Crippen LogP contribution in [0.25, 0.3) is 0 Å². The lowest BCUT2D eigenvalue weighted by atomic mass is 9.91. The van der Waals surface area contributed by atoms with E-state index in [9.17, 15) is 0 Å². The molecule has 21 heavy (non-hydrogen) atoms. The number of fused-ring (bicyclic) bond motifs is 5. The minimum atomic E-state index is 0.717. The first kappa shape index (κ1) is 13.8. The number of likely N-dealkylation sites (N-methyl/N-ethyl adjacent to an activating group) is 1. The van der Waals surface area contributed by atoms with Crippen LogP contribution in [0.15, 0.2) is 18.2 Å². The summed E-state index contributed by atoms with van der Waals surface area (Å²) in [6, 6.07) is 7.67. The fraction of sp³-hybridized carbons (Fsp3) is 0.700. The summed E-state index contributed by atoms with van der Waals surface area (Å²) >= 11 is 0. The zero-order chi connectivity index (χ0) is 14.6. The molecule has 0 aliphatic heterocycles. The predicted molar refractivity (Wildman–Crippen MR) is 88.4 cm³/mol. The fourth-order valence-corrected chi connectivity index (χ4v) is 5.79. The molecule has 0 heterocycles. The minimum absolute atomic E-state index is 0.717. The number of hydrogen-bond acceptors (Lipinski definition) is 1. The first-order chi connectivity index (χ1) is 10.2. The van der Waals surface area contributed by atoms with Gasteiger partial charge < -0.3 is 5.32 Å². The molecule has 0 saturated heterocycles. The van der Waals surface area contributed by atoms with Crippen molar-refractivity contribution < 1.29 is 0 Å². The lowest BCUT2D eigenvalue weighted by molar-refractivity contribution is 0.365. The molecule has 1 nitrogen and oxygen atoms in total. The Balaban J connectivity index is 1.52. The minimum Gasteiger partial charge on any atom is -0.314 e. The van der Waals surface area contributed by atoms with E-state index < -0.39 is 0 Å². The molecule has 0 amide bonds. The smallest absolute Gasteiger partial charge is 0.0141 e. The van der Waals surface area contributed by atoms with Gasteiger partial charge in [-0.25, -0.2) is 0 Å². The number of benzene rings is 1. The van der Waals surface area contributed by atoms with E-state index in [-0.39, 0.29) is 0 Å². The zero-order valence-corrected chi connectivity index (χ0v) is 13.7. The highest BCUT2D eigenvalue weighted by atomic mass is 14.9. The molecule has 4 rings (SSSR count). The van der Waals surface area contributed by atoms with Gasteiger partial charge in [0.05, 0.1) is 0 Å². The number of nitrogens with one attached hydrogen (secondary N) is 1. The van der Waals surface area contributed by atoms with Crippen LogP contribution in [0.1, 0.15) is 42.9 Å². The largest absolute Gasteiger partial charge is 0.314 e. The lowest BCUT2D eigenvalue weighted by Crippen LogP contribution is -2.35. The highest BCUT2D eigenvalue weighted by molar-refractivity contribution is 5.32. The Morgan fingerprint density at radius 3 is 2.52 bits per heavy atom. The second-order valence-corrected chi connectivity index (χ2v) is 7.86. The van der Waals surface area contributed by atoms with Crippen LogP contribution in [0.4, 0.5) is 0 Å². The third kappa shape index (κ3) is 2.25. The van der Waals surface area contributed by atoms with E-state index in [2.05, 4.69) is 44.3 Å². The van der Waals surface area contributed by atoms with E-state index in [4.69, 9.17) is 0 Å². The van der Waals surface area contributed by atoms with Crippen molar-refractivity contribution >= 4 is 0 Å². The molecule has 5 atom stereocenters. The van der Waals surface area contributed by atoms with E-state index in [0.717, 1.165) is 36.1 Å². The van der Waals surface area contributed by atoms with Crippen molar-refractivity contribution in [2.45, 2.75) is 52.5 Å². The SMILES string of the molecule is CCNC(Cc1cc(C)ccc1C)C1C2C3CCC(C3)C21. The van der Waals surface area contributed by atoms with Crippen LogP contribution in [0.2, 0.25) is 0 Å². The maximum absolute atomic E-state index is 3.84. The zero-order valence-electron chi connectivity index (χ0n) is 13.7. The van der Waals surface area contributed by atoms with Crippen LogP contribution in [0, 0.1) is 43.4 Å². The monoisotopic (exact) mass is 283 g/mol. The average Bonchev–Trinajstić information content (AvgIpc) is 2.89. The molecule has 1 aromatic carbocycles. The number of aryl methyl sites for hydroxylation is 2. The summed E-state index contributed by atoms with van der Waals surface area (Å²) in [5, 5.41) is 3.84. The van der Waals surface area contributed by atoms with Gasteiger partial charge in [-0.15, -0.1) is 0 Å². The van der Waals surface area contributed by atoms with Crippen LogP contribution in [-0.4, -0.2) is 12.6 Å². The maximum atomic E-state index is 3.84. The Bertz CT molecular complexity index is 519. The summed E-state index contributed by atoms with van der Waals surface area (Å²) in [7, 11) is 0. The van der Waals surface area contributed by atoms with Gasteiger partial charge in [0, 0.05) is 6.04 Å². The van der Waals surface area contributed by atoms with Crippen molar-refractivity contribution in [2.24, 2.45) is 29.6 Å². The molecule has 114 valence electrons. The first-order valence-electron chi connectivity index (χ1n) is 8.98. The Morgan fingerprint density at radius 2 is 1.86 bits per heavy atom. The van der Waals surface area contributed by atoms with Gasteiger partial charge in [0.1, 0.15) is 0 Å². The van der Waals surface area contributed by atoms with E-state index in [1.54, 1.807) is 12.0 Å². The third-order valence-electron chi connectivity index (χ3n) is 6.67. The molecule has 5 unspecified atom stereocenters. The second-order valence-electron chi connectivity index (χ2n) is 7.86. The average molecular weight is 283 g/mol. The molecule has 1 heteroatoms. The van der Waals surface area contributed by atoms with E-state index in [0.29, 0.717) is 6.04 Å². The fourth-order valence-electron chi connectivity index (χ4n) is 5.79. The summed E-state index contributed by atoms with van der Waals surface area (Å²) in [6.07, 6.45) is 5.86. The summed E-state index contributed by atoms with van der Waals surface area (Å²) in [5.41, 5.74) is 4.44. The molecule has 3 aliphatic carbocycles. The molecule has 1 N–H and O–H groups in total. The van der Waals surface area contributed by atoms with Crippen molar-refractivity contribution in [3.05, 3.63) is 34.9 Å². The predicted octanol–water partition coefficient (Wildman–Crippen LogP) is 4.12. The van der Waals surface area contributed by atoms with Gasteiger partial charge in [-0.2, -0.15) is 0 Å². The summed E-state index contributed by atoms with van der Waals surface area (Å²) in [4.78, 5) is 0. The molecule has 3 saturated carbocycles. The third-order valence-corrected chi connectivity index (χ3v) is 6.67. The van der Waals surface area contributed by atoms with Gasteiger partial charge in [-0.3, -0.25) is 0 Å². The van der Waals surface area contributed by atoms with Crippen molar-refractivity contribution in [1.29, 1.82) is 0 Å². The number of hydrogen-bond donors (Lipinski definition) is 1. The highest BCUT2D eigenvalue weighted by Crippen LogP contribution is 2.70. The summed E-state index contributed by atoms with van der Waals surface area (Å²) < 4.78 is 0. The Kier molecular flexibility index (Phi) is 3.37. The second kappa shape index (κ2) is 5.12. The van der Waals surface area contributed by atoms with Gasteiger partial charge in [0.2, 0.25) is 0 Å². The molecule has 0 aromatic heterocycles. The normalized spacial score (nSPS) is 37.6. The van der Waals surface area contributed by atoms with Crippen molar-refractivity contribution in [3.8, 4) is 0 Å².